The van der Waals surface area contributed by atoms with E-state index in [0.29, 0.717) is 5.56 Å². The highest BCUT2D eigenvalue weighted by Gasteiger charge is 2.06. The molecule has 1 aromatic heterocycles. The van der Waals surface area contributed by atoms with Gasteiger partial charge in [0.25, 0.3) is 17.2 Å². The van der Waals surface area contributed by atoms with Crippen molar-refractivity contribution < 1.29 is 9.72 Å². The number of anilines is 1. The van der Waals surface area contributed by atoms with Crippen LogP contribution in [-0.2, 0) is 4.79 Å². The Morgan fingerprint density at radius 3 is 2.92 bits per heavy atom. The summed E-state index contributed by atoms with van der Waals surface area (Å²) in [7, 11) is 0. The highest BCUT2D eigenvalue weighted by Crippen LogP contribution is 2.11. The third-order valence-electron chi connectivity index (χ3n) is 2.61. The molecule has 0 unspecified atom stereocenters. The van der Waals surface area contributed by atoms with Crippen molar-refractivity contribution in [3.05, 3.63) is 60.8 Å². The van der Waals surface area contributed by atoms with Gasteiger partial charge in [0.05, 0.1) is 17.7 Å². The third-order valence-corrected chi connectivity index (χ3v) is 2.61. The summed E-state index contributed by atoms with van der Waals surface area (Å²) in [6, 6.07) is 5.67. The first kappa shape index (κ1) is 16.5. The van der Waals surface area contributed by atoms with E-state index in [9.17, 15) is 24.5 Å². The van der Waals surface area contributed by atoms with Crippen LogP contribution in [-0.4, -0.2) is 38.8 Å². The predicted molar refractivity (Wildman–Crippen MR) is 82.8 cm³/mol. The average Bonchev–Trinajstić information content (AvgIpc) is 2.54. The predicted octanol–water partition coefficient (Wildman–Crippen LogP) is -1.07. The third kappa shape index (κ3) is 4.59. The molecule has 1 aromatic carbocycles. The Labute approximate surface area is 132 Å². The minimum Gasteiger partial charge on any atom is -0.355 e. The van der Waals surface area contributed by atoms with Crippen molar-refractivity contribution in [3.8, 4) is 0 Å². The van der Waals surface area contributed by atoms with Crippen LogP contribution < -0.4 is 22.0 Å². The molecular formula is C12H11N7O5. The lowest BCUT2D eigenvalue weighted by atomic mass is 10.2. The molecule has 24 heavy (non-hydrogen) atoms. The second-order valence-corrected chi connectivity index (χ2v) is 4.35. The highest BCUT2D eigenvalue weighted by atomic mass is 16.6. The Kier molecular flexibility index (Phi) is 5.13. The van der Waals surface area contributed by atoms with Gasteiger partial charge < -0.3 is 5.32 Å². The number of nitrogens with zero attached hydrogens (tertiary/aromatic N) is 3. The molecule has 124 valence electrons. The smallest absolute Gasteiger partial charge is 0.342 e. The van der Waals surface area contributed by atoms with Crippen LogP contribution >= 0.6 is 0 Å². The van der Waals surface area contributed by atoms with Gasteiger partial charge in [0.15, 0.2) is 0 Å². The fourth-order valence-electron chi connectivity index (χ4n) is 1.57. The van der Waals surface area contributed by atoms with Gasteiger partial charge in [0, 0.05) is 17.7 Å². The number of hydrogen-bond acceptors (Lipinski definition) is 8. The van der Waals surface area contributed by atoms with E-state index in [4.69, 9.17) is 0 Å². The highest BCUT2D eigenvalue weighted by molar-refractivity contribution is 5.84. The fraction of sp³-hybridized carbons (Fsp3) is 0.0833. The standard InChI is InChI=1S/C12H11N7O5/c20-9(6-13-10-11(21)15-12(22)18-17-10)16-14-5-7-2-1-3-8(4-7)19(23)24/h1-5H,6H2,(H,13,17)(H,16,20)(H2,15,18,21,22)/b14-5-. The van der Waals surface area contributed by atoms with E-state index in [2.05, 4.69) is 20.9 Å². The average molecular weight is 333 g/mol. The lowest BCUT2D eigenvalue weighted by Gasteiger charge is -2.02. The molecule has 2 aromatic rings. The molecule has 0 atom stereocenters. The number of benzene rings is 1. The molecule has 12 nitrogen and oxygen atoms in total. The molecule has 1 amide bonds. The first-order valence-electron chi connectivity index (χ1n) is 6.45. The Morgan fingerprint density at radius 2 is 2.21 bits per heavy atom. The van der Waals surface area contributed by atoms with Crippen LogP contribution in [0.5, 0.6) is 0 Å². The number of nitro groups is 1. The van der Waals surface area contributed by atoms with E-state index in [0.717, 1.165) is 0 Å². The van der Waals surface area contributed by atoms with E-state index in [1.807, 2.05) is 10.1 Å². The summed E-state index contributed by atoms with van der Waals surface area (Å²) in [5.74, 6) is -0.823. The first-order valence-corrected chi connectivity index (χ1v) is 6.45. The van der Waals surface area contributed by atoms with Crippen LogP contribution in [0.1, 0.15) is 5.56 Å². The number of H-pyrrole nitrogens is 2. The van der Waals surface area contributed by atoms with E-state index in [-0.39, 0.29) is 18.1 Å². The Hall–Kier alpha value is -3.83. The number of nitro benzene ring substituents is 1. The van der Waals surface area contributed by atoms with Crippen molar-refractivity contribution in [1.82, 2.24) is 20.6 Å². The van der Waals surface area contributed by atoms with Crippen LogP contribution in [0, 0.1) is 10.1 Å². The van der Waals surface area contributed by atoms with Crippen LogP contribution in [0.15, 0.2) is 39.0 Å². The maximum atomic E-state index is 11.6. The minimum absolute atomic E-state index is 0.102. The summed E-state index contributed by atoms with van der Waals surface area (Å²) in [6.45, 7) is -0.325. The molecule has 0 radical (unpaired) electrons. The van der Waals surface area contributed by atoms with Crippen molar-refractivity contribution in [1.29, 1.82) is 0 Å². The number of hydrogen-bond donors (Lipinski definition) is 4. The van der Waals surface area contributed by atoms with Gasteiger partial charge >= 0.3 is 5.69 Å². The molecular weight excluding hydrogens is 322 g/mol. The van der Waals surface area contributed by atoms with Gasteiger partial charge in [-0.1, -0.05) is 12.1 Å². The van der Waals surface area contributed by atoms with Gasteiger partial charge in [-0.05, 0) is 0 Å². The van der Waals surface area contributed by atoms with Crippen LogP contribution in [0.4, 0.5) is 11.5 Å². The number of non-ortho nitro benzene ring substituents is 1. The number of amides is 1. The molecule has 0 saturated heterocycles. The van der Waals surface area contributed by atoms with Gasteiger partial charge in [-0.3, -0.25) is 24.7 Å². The first-order chi connectivity index (χ1) is 11.5. The normalized spacial score (nSPS) is 10.5. The zero-order chi connectivity index (χ0) is 17.5. The number of carbonyl (C=O) groups is 1. The number of rotatable bonds is 6. The summed E-state index contributed by atoms with van der Waals surface area (Å²) < 4.78 is 0. The van der Waals surface area contributed by atoms with E-state index < -0.39 is 22.1 Å². The van der Waals surface area contributed by atoms with E-state index >= 15 is 0 Å². The zero-order valence-electron chi connectivity index (χ0n) is 12.0. The van der Waals surface area contributed by atoms with E-state index in [1.165, 1.54) is 24.4 Å². The molecule has 4 N–H and O–H groups in total. The van der Waals surface area contributed by atoms with Crippen molar-refractivity contribution in [2.75, 3.05) is 11.9 Å². The van der Waals surface area contributed by atoms with Crippen LogP contribution in [0.2, 0.25) is 0 Å². The lowest BCUT2D eigenvalue weighted by molar-refractivity contribution is -0.384. The molecule has 0 fully saturated rings. The molecule has 0 bridgehead atoms. The molecule has 1 heterocycles. The molecule has 0 aliphatic rings. The number of carbonyl (C=O) groups excluding carboxylic acids is 1. The lowest BCUT2D eigenvalue weighted by Crippen LogP contribution is -2.31. The van der Waals surface area contributed by atoms with Crippen LogP contribution in [0.25, 0.3) is 0 Å². The Bertz CT molecular complexity index is 901. The second kappa shape index (κ2) is 7.44. The van der Waals surface area contributed by atoms with E-state index in [1.54, 1.807) is 6.07 Å². The topological polar surface area (TPSA) is 175 Å². The summed E-state index contributed by atoms with van der Waals surface area (Å²) in [5, 5.41) is 22.1. The number of nitrogens with one attached hydrogen (secondary N) is 4. The molecule has 0 saturated carbocycles. The summed E-state index contributed by atoms with van der Waals surface area (Å²) >= 11 is 0. The molecule has 0 aliphatic heterocycles. The summed E-state index contributed by atoms with van der Waals surface area (Å²) in [6.07, 6.45) is 1.23. The zero-order valence-corrected chi connectivity index (χ0v) is 12.0. The number of hydrazone groups is 1. The number of aromatic nitrogens is 3. The second-order valence-electron chi connectivity index (χ2n) is 4.35. The largest absolute Gasteiger partial charge is 0.355 e. The number of aromatic amines is 2. The fourth-order valence-corrected chi connectivity index (χ4v) is 1.57. The van der Waals surface area contributed by atoms with Gasteiger partial charge in [-0.25, -0.2) is 15.3 Å². The molecule has 12 heteroatoms. The van der Waals surface area contributed by atoms with Gasteiger partial charge in [0.2, 0.25) is 5.82 Å². The van der Waals surface area contributed by atoms with Crippen LogP contribution in [0.3, 0.4) is 0 Å². The summed E-state index contributed by atoms with van der Waals surface area (Å²) in [5.41, 5.74) is 0.954. The summed E-state index contributed by atoms with van der Waals surface area (Å²) in [4.78, 5) is 45.7. The van der Waals surface area contributed by atoms with Crippen molar-refractivity contribution in [2.45, 2.75) is 0 Å². The maximum absolute atomic E-state index is 11.6. The monoisotopic (exact) mass is 333 g/mol. The maximum Gasteiger partial charge on any atom is 0.342 e. The minimum atomic E-state index is -0.772. The molecule has 0 spiro atoms. The van der Waals surface area contributed by atoms with Crippen molar-refractivity contribution in [3.63, 3.8) is 0 Å². The van der Waals surface area contributed by atoms with Crippen molar-refractivity contribution >= 4 is 23.6 Å². The van der Waals surface area contributed by atoms with Gasteiger partial charge in [-0.2, -0.15) is 5.10 Å². The Balaban J connectivity index is 1.89. The quantitative estimate of drug-likeness (QED) is 0.295. The van der Waals surface area contributed by atoms with Gasteiger partial charge in [0.1, 0.15) is 0 Å². The van der Waals surface area contributed by atoms with Gasteiger partial charge in [-0.15, -0.1) is 5.10 Å². The van der Waals surface area contributed by atoms with Crippen molar-refractivity contribution in [2.24, 2.45) is 5.10 Å². The SMILES string of the molecule is O=C(CNc1n[nH]c(=O)[nH]c1=O)N/N=C\c1cccc([N+](=O)[O-])c1. The molecule has 2 rings (SSSR count). The molecule has 0 aliphatic carbocycles. The Morgan fingerprint density at radius 1 is 1.42 bits per heavy atom.